The van der Waals surface area contributed by atoms with Gasteiger partial charge < -0.3 is 5.73 Å². The Morgan fingerprint density at radius 2 is 1.92 bits per heavy atom. The molecule has 1 amide bonds. The first kappa shape index (κ1) is 22.1. The van der Waals surface area contributed by atoms with Crippen molar-refractivity contribution in [2.24, 2.45) is 28.5 Å². The van der Waals surface area contributed by atoms with Gasteiger partial charge in [0.15, 0.2) is 5.69 Å². The minimum Gasteiger partial charge on any atom is -0.383 e. The number of carbonyl (C=O) groups is 1. The molecule has 26 heavy (non-hydrogen) atoms. The van der Waals surface area contributed by atoms with Gasteiger partial charge in [-0.25, -0.2) is 0 Å². The van der Waals surface area contributed by atoms with E-state index in [1.807, 2.05) is 13.8 Å². The number of rotatable bonds is 8. The van der Waals surface area contributed by atoms with E-state index in [1.54, 1.807) is 0 Å². The van der Waals surface area contributed by atoms with E-state index in [4.69, 9.17) is 5.73 Å². The van der Waals surface area contributed by atoms with Gasteiger partial charge in [0, 0.05) is 17.7 Å². The molecule has 0 radical (unpaired) electrons. The van der Waals surface area contributed by atoms with Crippen LogP contribution in [0.2, 0.25) is 0 Å². The molecule has 2 N–H and O–H groups in total. The number of carbonyl (C=O) groups excluding carboxylic acids is 1. The molecule has 1 unspecified atom stereocenters. The average Bonchev–Trinajstić information content (AvgIpc) is 2.56. The smallest absolute Gasteiger partial charge is 0.383 e. The summed E-state index contributed by atoms with van der Waals surface area (Å²) in [5.74, 6) is -0.479. The molecule has 0 saturated carbocycles. The SMILES string of the molecule is CCC(C)CC[C@@H](CC(C)C)C(=O)N=C(N)c1cccnc1C(F)(F)F. The van der Waals surface area contributed by atoms with E-state index in [0.717, 1.165) is 19.0 Å². The summed E-state index contributed by atoms with van der Waals surface area (Å²) in [6, 6.07) is 2.52. The summed E-state index contributed by atoms with van der Waals surface area (Å²) in [7, 11) is 0. The molecule has 0 aliphatic rings. The number of amidine groups is 1. The Balaban J connectivity index is 3.05. The predicted octanol–water partition coefficient (Wildman–Crippen LogP) is 4.82. The fourth-order valence-electron chi connectivity index (χ4n) is 2.71. The number of pyridine rings is 1. The summed E-state index contributed by atoms with van der Waals surface area (Å²) in [6.07, 6.45) is -0.454. The highest BCUT2D eigenvalue weighted by atomic mass is 19.4. The van der Waals surface area contributed by atoms with E-state index >= 15 is 0 Å². The summed E-state index contributed by atoms with van der Waals surface area (Å²) < 4.78 is 39.2. The Kier molecular flexibility index (Phi) is 8.24. The second kappa shape index (κ2) is 9.69. The van der Waals surface area contributed by atoms with E-state index < -0.39 is 23.6 Å². The molecule has 0 aliphatic heterocycles. The summed E-state index contributed by atoms with van der Waals surface area (Å²) >= 11 is 0. The lowest BCUT2D eigenvalue weighted by Gasteiger charge is -2.18. The molecule has 4 nitrogen and oxygen atoms in total. The van der Waals surface area contributed by atoms with Crippen LogP contribution in [0.15, 0.2) is 23.3 Å². The van der Waals surface area contributed by atoms with Crippen molar-refractivity contribution >= 4 is 11.7 Å². The first-order valence-corrected chi connectivity index (χ1v) is 8.96. The topological polar surface area (TPSA) is 68.3 Å². The Labute approximate surface area is 153 Å². The number of aromatic nitrogens is 1. The Bertz CT molecular complexity index is 627. The molecule has 7 heteroatoms. The lowest BCUT2D eigenvalue weighted by Crippen LogP contribution is -2.25. The van der Waals surface area contributed by atoms with Crippen molar-refractivity contribution in [2.75, 3.05) is 0 Å². The van der Waals surface area contributed by atoms with Gasteiger partial charge in [0.2, 0.25) is 0 Å². The first-order chi connectivity index (χ1) is 12.1. The third kappa shape index (κ3) is 6.77. The normalized spacial score (nSPS) is 15.2. The molecule has 1 aromatic rings. The van der Waals surface area contributed by atoms with E-state index in [2.05, 4.69) is 23.8 Å². The number of nitrogens with zero attached hydrogens (tertiary/aromatic N) is 2. The van der Waals surface area contributed by atoms with Gasteiger partial charge in [-0.3, -0.25) is 9.78 Å². The molecule has 0 aliphatic carbocycles. The van der Waals surface area contributed by atoms with Gasteiger partial charge >= 0.3 is 6.18 Å². The molecule has 0 fully saturated rings. The summed E-state index contributed by atoms with van der Waals surface area (Å²) in [5.41, 5.74) is 4.24. The number of hydrogen-bond acceptors (Lipinski definition) is 2. The molecule has 0 spiro atoms. The van der Waals surface area contributed by atoms with Gasteiger partial charge in [0.05, 0.1) is 0 Å². The van der Waals surface area contributed by atoms with Crippen LogP contribution < -0.4 is 5.73 Å². The lowest BCUT2D eigenvalue weighted by molar-refractivity contribution is -0.141. The summed E-state index contributed by atoms with van der Waals surface area (Å²) in [6.45, 7) is 8.19. The quantitative estimate of drug-likeness (QED) is 0.526. The number of nitrogens with two attached hydrogens (primary N) is 1. The van der Waals surface area contributed by atoms with Crippen molar-refractivity contribution in [3.8, 4) is 0 Å². The first-order valence-electron chi connectivity index (χ1n) is 8.96. The standard InChI is InChI=1S/C19H28F3N3O/c1-5-13(4)8-9-14(11-12(2)3)18(26)25-17(23)15-7-6-10-24-16(15)19(20,21)22/h6-7,10,12-14H,5,8-9,11H2,1-4H3,(H2,23,25,26)/t13?,14-/m0/s1. The van der Waals surface area contributed by atoms with Crippen LogP contribution in [0, 0.1) is 17.8 Å². The summed E-state index contributed by atoms with van der Waals surface area (Å²) in [4.78, 5) is 19.7. The van der Waals surface area contributed by atoms with Crippen molar-refractivity contribution in [1.29, 1.82) is 0 Å². The van der Waals surface area contributed by atoms with Crippen LogP contribution >= 0.6 is 0 Å². The van der Waals surface area contributed by atoms with Crippen molar-refractivity contribution in [3.05, 3.63) is 29.6 Å². The van der Waals surface area contributed by atoms with Gasteiger partial charge in [-0.1, -0.05) is 34.1 Å². The van der Waals surface area contributed by atoms with Gasteiger partial charge in [0.25, 0.3) is 5.91 Å². The zero-order chi connectivity index (χ0) is 19.9. The molecule has 0 aromatic carbocycles. The monoisotopic (exact) mass is 371 g/mol. The van der Waals surface area contributed by atoms with Crippen LogP contribution in [-0.2, 0) is 11.0 Å². The van der Waals surface area contributed by atoms with Crippen molar-refractivity contribution in [3.63, 3.8) is 0 Å². The highest BCUT2D eigenvalue weighted by molar-refractivity contribution is 6.05. The minimum absolute atomic E-state index is 0.279. The molecule has 1 rings (SSSR count). The van der Waals surface area contributed by atoms with E-state index in [0.29, 0.717) is 18.8 Å². The minimum atomic E-state index is -4.66. The van der Waals surface area contributed by atoms with Gasteiger partial charge in [-0.15, -0.1) is 0 Å². The Morgan fingerprint density at radius 3 is 2.46 bits per heavy atom. The second-order valence-corrected chi connectivity index (χ2v) is 7.15. The highest BCUT2D eigenvalue weighted by Gasteiger charge is 2.36. The van der Waals surface area contributed by atoms with Gasteiger partial charge in [-0.05, 0) is 43.2 Å². The Morgan fingerprint density at radius 1 is 1.27 bits per heavy atom. The predicted molar refractivity (Wildman–Crippen MR) is 96.6 cm³/mol. The summed E-state index contributed by atoms with van der Waals surface area (Å²) in [5, 5.41) is 0. The number of halogens is 3. The second-order valence-electron chi connectivity index (χ2n) is 7.15. The molecular formula is C19H28F3N3O. The van der Waals surface area contributed by atoms with E-state index in [-0.39, 0.29) is 17.4 Å². The molecule has 2 atom stereocenters. The number of aliphatic imine (C=N–C) groups is 1. The maximum Gasteiger partial charge on any atom is 0.434 e. The van der Waals surface area contributed by atoms with E-state index in [9.17, 15) is 18.0 Å². The molecular weight excluding hydrogens is 343 g/mol. The van der Waals surface area contributed by atoms with Crippen LogP contribution in [0.25, 0.3) is 0 Å². The maximum atomic E-state index is 13.1. The average molecular weight is 371 g/mol. The van der Waals surface area contributed by atoms with Crippen LogP contribution in [-0.4, -0.2) is 16.7 Å². The van der Waals surface area contributed by atoms with E-state index in [1.165, 1.54) is 12.1 Å². The molecule has 1 heterocycles. The third-order valence-corrected chi connectivity index (χ3v) is 4.39. The fourth-order valence-corrected chi connectivity index (χ4v) is 2.71. The number of amides is 1. The molecule has 0 bridgehead atoms. The lowest BCUT2D eigenvalue weighted by atomic mass is 9.89. The highest BCUT2D eigenvalue weighted by Crippen LogP contribution is 2.30. The van der Waals surface area contributed by atoms with Crippen LogP contribution in [0.3, 0.4) is 0 Å². The van der Waals surface area contributed by atoms with Crippen LogP contribution in [0.5, 0.6) is 0 Å². The third-order valence-electron chi connectivity index (χ3n) is 4.39. The maximum absolute atomic E-state index is 13.1. The fraction of sp³-hybridized carbons (Fsp3) is 0.632. The largest absolute Gasteiger partial charge is 0.434 e. The van der Waals surface area contributed by atoms with Crippen LogP contribution in [0.4, 0.5) is 13.2 Å². The van der Waals surface area contributed by atoms with Crippen molar-refractivity contribution in [1.82, 2.24) is 4.98 Å². The molecule has 146 valence electrons. The number of hydrogen-bond donors (Lipinski definition) is 1. The Hall–Kier alpha value is -1.92. The van der Waals surface area contributed by atoms with Gasteiger partial charge in [0.1, 0.15) is 5.84 Å². The van der Waals surface area contributed by atoms with Crippen molar-refractivity contribution < 1.29 is 18.0 Å². The zero-order valence-electron chi connectivity index (χ0n) is 15.8. The van der Waals surface area contributed by atoms with Gasteiger partial charge in [-0.2, -0.15) is 18.2 Å². The molecule has 1 aromatic heterocycles. The number of alkyl halides is 3. The molecule has 0 saturated heterocycles. The van der Waals surface area contributed by atoms with Crippen LogP contribution in [0.1, 0.15) is 64.6 Å². The van der Waals surface area contributed by atoms with Crippen molar-refractivity contribution in [2.45, 2.75) is 59.6 Å². The zero-order valence-corrected chi connectivity index (χ0v) is 15.8.